The summed E-state index contributed by atoms with van der Waals surface area (Å²) < 4.78 is 38.1. The van der Waals surface area contributed by atoms with E-state index in [2.05, 4.69) is 127 Å². The summed E-state index contributed by atoms with van der Waals surface area (Å²) in [5, 5.41) is 3.30. The van der Waals surface area contributed by atoms with E-state index in [0.29, 0.717) is 12.2 Å². The summed E-state index contributed by atoms with van der Waals surface area (Å²) in [4.78, 5) is 9.76. The fraction of sp³-hybridized carbons (Fsp3) is 0.109. The van der Waals surface area contributed by atoms with Crippen LogP contribution in [0.25, 0.3) is 83.4 Å². The van der Waals surface area contributed by atoms with Crippen molar-refractivity contribution in [1.82, 2.24) is 19.1 Å². The molecule has 0 fully saturated rings. The Morgan fingerprint density at radius 3 is 2.25 bits per heavy atom. The lowest BCUT2D eigenvalue weighted by molar-refractivity contribution is -0.571. The SMILES string of the molecule is [2H]C([2H])([2H])c1cc(-c2ccccc2)c(-[n+]2[c-]n(-c3cc(Cc4ccc5c6ccccc6n(-c6nccc7ccoc67)c5c4)ccn3)c3ccccc32)c(-c2cccc(C(C)(C)C)c2)c1. The highest BCUT2D eigenvalue weighted by Crippen LogP contribution is 2.38. The monoisotopic (exact) mass is 792 g/mol. The first-order valence-corrected chi connectivity index (χ1v) is 20.6. The molecule has 0 unspecified atom stereocenters. The van der Waals surface area contributed by atoms with E-state index in [1.54, 1.807) is 6.26 Å². The van der Waals surface area contributed by atoms with Crippen LogP contribution in [0.1, 0.15) is 47.1 Å². The molecule has 0 saturated heterocycles. The van der Waals surface area contributed by atoms with Gasteiger partial charge in [0.1, 0.15) is 0 Å². The van der Waals surface area contributed by atoms with Gasteiger partial charge in [0, 0.05) is 32.7 Å². The van der Waals surface area contributed by atoms with Gasteiger partial charge in [0.2, 0.25) is 0 Å². The molecule has 0 amide bonds. The third-order valence-electron chi connectivity index (χ3n) is 11.8. The molecule has 5 heterocycles. The van der Waals surface area contributed by atoms with E-state index >= 15 is 0 Å². The molecule has 11 aromatic rings. The number of aromatic nitrogens is 5. The van der Waals surface area contributed by atoms with Crippen molar-refractivity contribution in [1.29, 1.82) is 0 Å². The zero-order valence-electron chi connectivity index (χ0n) is 37.1. The number of hydrogen-bond donors (Lipinski definition) is 0. The van der Waals surface area contributed by atoms with Gasteiger partial charge in [0.25, 0.3) is 6.33 Å². The van der Waals surface area contributed by atoms with Crippen LogP contribution in [0, 0.1) is 13.2 Å². The van der Waals surface area contributed by atoms with Gasteiger partial charge in [-0.25, -0.2) is 4.98 Å². The van der Waals surface area contributed by atoms with E-state index in [9.17, 15) is 0 Å². The Balaban J connectivity index is 1.07. The number of furan rings is 1. The minimum atomic E-state index is -2.34. The minimum Gasteiger partial charge on any atom is -0.460 e. The van der Waals surface area contributed by atoms with Crippen LogP contribution >= 0.6 is 0 Å². The van der Waals surface area contributed by atoms with Crippen LogP contribution in [0.15, 0.2) is 181 Å². The molecule has 0 atom stereocenters. The second kappa shape index (κ2) is 14.3. The van der Waals surface area contributed by atoms with Crippen LogP contribution in [-0.4, -0.2) is 19.1 Å². The third kappa shape index (κ3) is 6.30. The highest BCUT2D eigenvalue weighted by molar-refractivity contribution is 6.10. The second-order valence-electron chi connectivity index (χ2n) is 16.8. The van der Waals surface area contributed by atoms with E-state index in [1.807, 2.05) is 83.7 Å². The van der Waals surface area contributed by atoms with Crippen molar-refractivity contribution < 1.29 is 13.1 Å². The van der Waals surface area contributed by atoms with E-state index in [4.69, 9.17) is 18.5 Å². The molecule has 6 heteroatoms. The number of imidazole rings is 1. The number of pyridine rings is 2. The number of rotatable bonds is 7. The van der Waals surface area contributed by atoms with Crippen LogP contribution < -0.4 is 4.57 Å². The highest BCUT2D eigenvalue weighted by atomic mass is 16.3. The first kappa shape index (κ1) is 33.3. The van der Waals surface area contributed by atoms with Crippen molar-refractivity contribution in [3.63, 3.8) is 0 Å². The molecule has 5 aromatic heterocycles. The lowest BCUT2D eigenvalue weighted by Gasteiger charge is -2.22. The predicted octanol–water partition coefficient (Wildman–Crippen LogP) is 12.9. The fourth-order valence-corrected chi connectivity index (χ4v) is 8.80. The van der Waals surface area contributed by atoms with Gasteiger partial charge in [0.05, 0.1) is 34.0 Å². The van der Waals surface area contributed by atoms with Gasteiger partial charge in [-0.05, 0) is 94.0 Å². The first-order valence-electron chi connectivity index (χ1n) is 22.1. The second-order valence-corrected chi connectivity index (χ2v) is 16.8. The Hall–Kier alpha value is -7.57. The van der Waals surface area contributed by atoms with Crippen molar-refractivity contribution in [2.45, 2.75) is 39.5 Å². The molecule has 0 aliphatic carbocycles. The molecule has 61 heavy (non-hydrogen) atoms. The van der Waals surface area contributed by atoms with Gasteiger partial charge in [0.15, 0.2) is 17.2 Å². The molecule has 0 aliphatic rings. The summed E-state index contributed by atoms with van der Waals surface area (Å²) in [6, 6.07) is 53.6. The van der Waals surface area contributed by atoms with Crippen molar-refractivity contribution in [3.05, 3.63) is 205 Å². The molecule has 0 spiro atoms. The summed E-state index contributed by atoms with van der Waals surface area (Å²) >= 11 is 0. The van der Waals surface area contributed by atoms with E-state index < -0.39 is 6.85 Å². The van der Waals surface area contributed by atoms with E-state index in [-0.39, 0.29) is 11.0 Å². The maximum absolute atomic E-state index is 8.59. The molecular weight excluding hydrogens is 747 g/mol. The highest BCUT2D eigenvalue weighted by Gasteiger charge is 2.23. The van der Waals surface area contributed by atoms with Gasteiger partial charge in [-0.15, -0.1) is 0 Å². The molecule has 0 bridgehead atoms. The summed E-state index contributed by atoms with van der Waals surface area (Å²) in [6.45, 7) is 4.24. The Labute approximate surface area is 358 Å². The number of hydrogen-bond acceptors (Lipinski definition) is 3. The number of para-hydroxylation sites is 3. The molecule has 0 radical (unpaired) electrons. The van der Waals surface area contributed by atoms with Crippen molar-refractivity contribution >= 4 is 43.8 Å². The minimum absolute atomic E-state index is 0.123. The van der Waals surface area contributed by atoms with Gasteiger partial charge in [-0.2, -0.15) is 0 Å². The van der Waals surface area contributed by atoms with Gasteiger partial charge in [-0.3, -0.25) is 18.7 Å². The molecule has 0 aliphatic heterocycles. The Bertz CT molecular complexity index is 3570. The van der Waals surface area contributed by atoms with Crippen molar-refractivity contribution in [2.24, 2.45) is 0 Å². The average Bonchev–Trinajstić information content (AvgIpc) is 4.03. The van der Waals surface area contributed by atoms with E-state index in [1.165, 1.54) is 0 Å². The van der Waals surface area contributed by atoms with Gasteiger partial charge < -0.3 is 4.42 Å². The van der Waals surface area contributed by atoms with Crippen LogP contribution in [-0.2, 0) is 11.8 Å². The molecule has 6 nitrogen and oxygen atoms in total. The largest absolute Gasteiger partial charge is 0.460 e. The maximum atomic E-state index is 8.59. The quantitative estimate of drug-likeness (QED) is 0.119. The fourth-order valence-electron chi connectivity index (χ4n) is 8.80. The molecule has 11 rings (SSSR count). The zero-order chi connectivity index (χ0) is 43.7. The summed E-state index contributed by atoms with van der Waals surface area (Å²) in [5.74, 6) is 1.47. The number of fused-ring (bicyclic) bond motifs is 5. The number of benzene rings is 6. The summed E-state index contributed by atoms with van der Waals surface area (Å²) in [6.07, 6.45) is 9.79. The van der Waals surface area contributed by atoms with Crippen LogP contribution in [0.5, 0.6) is 0 Å². The van der Waals surface area contributed by atoms with Gasteiger partial charge in [-0.1, -0.05) is 148 Å². The number of nitrogens with zero attached hydrogens (tertiary/aromatic N) is 5. The Morgan fingerprint density at radius 2 is 1.39 bits per heavy atom. The van der Waals surface area contributed by atoms with Gasteiger partial charge >= 0.3 is 0 Å². The maximum Gasteiger partial charge on any atom is 0.271 e. The van der Waals surface area contributed by atoms with Crippen molar-refractivity contribution in [3.8, 4) is 39.6 Å². The molecular formula is C55H43N5O. The first-order chi connectivity index (χ1) is 31.0. The zero-order valence-corrected chi connectivity index (χ0v) is 34.1. The summed E-state index contributed by atoms with van der Waals surface area (Å²) in [5.41, 5.74) is 12.5. The predicted molar refractivity (Wildman–Crippen MR) is 247 cm³/mol. The van der Waals surface area contributed by atoms with Crippen LogP contribution in [0.3, 0.4) is 0 Å². The third-order valence-corrected chi connectivity index (χ3v) is 11.8. The topological polar surface area (TPSA) is 52.7 Å². The normalized spacial score (nSPS) is 12.9. The Morgan fingerprint density at radius 1 is 0.656 bits per heavy atom. The van der Waals surface area contributed by atoms with Crippen LogP contribution in [0.2, 0.25) is 0 Å². The molecule has 0 N–H and O–H groups in total. The van der Waals surface area contributed by atoms with Crippen molar-refractivity contribution in [2.75, 3.05) is 0 Å². The molecule has 0 saturated carbocycles. The molecule has 6 aromatic carbocycles. The lowest BCUT2D eigenvalue weighted by Crippen LogP contribution is -2.31. The smallest absolute Gasteiger partial charge is 0.271 e. The molecule has 294 valence electrons. The summed E-state index contributed by atoms with van der Waals surface area (Å²) in [7, 11) is 0. The number of aryl methyl sites for hydroxylation is 1. The standard InChI is InChI=1S/C55H43N5O/c1-36-29-45(39-13-6-5-7-14-39)52(46(30-36)41-15-12-16-42(34-41)55(2,3)4)59-35-58(48-19-10-11-20-49(48)59)51-33-38(23-26-56-51)31-37-21-22-44-43-17-8-9-18-47(43)60(50(44)32-37)54-53-40(24-27-57-54)25-28-61-53/h5-30,32-34H,31H2,1-4H3/i1D3. The lowest BCUT2D eigenvalue weighted by atomic mass is 9.84. The Kier molecular flexibility index (Phi) is 7.81. The van der Waals surface area contributed by atoms with Crippen LogP contribution in [0.4, 0.5) is 0 Å². The van der Waals surface area contributed by atoms with E-state index in [0.717, 1.165) is 94.3 Å². The average molecular weight is 793 g/mol.